The second-order valence-corrected chi connectivity index (χ2v) is 11.4. The molecule has 0 bridgehead atoms. The first kappa shape index (κ1) is 30.0. The molecule has 13 heteroatoms. The minimum atomic E-state index is -4.29. The molecule has 1 aliphatic heterocycles. The molecule has 4 rings (SSSR count). The van der Waals surface area contributed by atoms with E-state index in [4.69, 9.17) is 24.3 Å². The Kier molecular flexibility index (Phi) is 9.28. The molecule has 2 unspecified atom stereocenters. The molecular formula is C28H31N4O8P. The summed E-state index contributed by atoms with van der Waals surface area (Å²) in [5.41, 5.74) is 4.57. The van der Waals surface area contributed by atoms with E-state index in [2.05, 4.69) is 5.09 Å². The van der Waals surface area contributed by atoms with Crippen molar-refractivity contribution in [1.82, 2.24) is 9.65 Å². The predicted octanol–water partition coefficient (Wildman–Crippen LogP) is 3.14. The highest BCUT2D eigenvalue weighted by Gasteiger charge is 2.55. The van der Waals surface area contributed by atoms with E-state index in [9.17, 15) is 24.5 Å². The zero-order valence-electron chi connectivity index (χ0n) is 22.5. The second kappa shape index (κ2) is 12.7. The Balaban J connectivity index is 1.50. The lowest BCUT2D eigenvalue weighted by Crippen LogP contribution is -2.40. The number of anilines is 1. The van der Waals surface area contributed by atoms with Crippen LogP contribution >= 0.6 is 7.75 Å². The van der Waals surface area contributed by atoms with Crippen molar-refractivity contribution in [2.24, 2.45) is 5.41 Å². The first-order chi connectivity index (χ1) is 19.5. The molecule has 216 valence electrons. The number of nitrogen functional groups attached to an aromatic ring is 1. The summed E-state index contributed by atoms with van der Waals surface area (Å²) in [6.07, 6.45) is -2.47. The minimum absolute atomic E-state index is 0.0110. The fraction of sp³-hybridized carbons (Fsp3) is 0.321. The van der Waals surface area contributed by atoms with Gasteiger partial charge in [-0.2, -0.15) is 10.3 Å². The van der Waals surface area contributed by atoms with Crippen molar-refractivity contribution in [3.8, 4) is 11.8 Å². The molecular weight excluding hydrogens is 551 g/mol. The zero-order valence-corrected chi connectivity index (χ0v) is 23.3. The summed E-state index contributed by atoms with van der Waals surface area (Å²) in [5, 5.41) is 23.5. The SMILES string of the molecule is C[C@H](NP(=O)(OC[C@H]1O[C@@H](n2ccc(N)cc2=O)[C@](C)(C#N)C1O)Oc1ccccc1)C(=O)OCc1ccccc1. The van der Waals surface area contributed by atoms with Crippen molar-refractivity contribution < 1.29 is 33.0 Å². The van der Waals surface area contributed by atoms with E-state index >= 15 is 0 Å². The number of benzene rings is 2. The van der Waals surface area contributed by atoms with Crippen LogP contribution in [0.25, 0.3) is 0 Å². The number of carbonyl (C=O) groups is 1. The van der Waals surface area contributed by atoms with Crippen LogP contribution in [0.2, 0.25) is 0 Å². The molecule has 1 saturated heterocycles. The number of pyridine rings is 1. The average molecular weight is 583 g/mol. The number of nitrogens with two attached hydrogens (primary N) is 1. The van der Waals surface area contributed by atoms with E-state index in [1.807, 2.05) is 24.3 Å². The normalized spacial score (nSPS) is 24.1. The zero-order chi connectivity index (χ0) is 29.6. The summed E-state index contributed by atoms with van der Waals surface area (Å²) in [4.78, 5) is 25.2. The van der Waals surface area contributed by atoms with Gasteiger partial charge < -0.3 is 24.8 Å². The van der Waals surface area contributed by atoms with Gasteiger partial charge in [-0.1, -0.05) is 48.5 Å². The number of hydrogen-bond acceptors (Lipinski definition) is 10. The molecule has 0 amide bonds. The monoisotopic (exact) mass is 582 g/mol. The third kappa shape index (κ3) is 7.03. The highest BCUT2D eigenvalue weighted by atomic mass is 31.2. The van der Waals surface area contributed by atoms with Gasteiger partial charge in [-0.25, -0.2) is 4.57 Å². The number of carbonyl (C=O) groups excluding carboxylic acids is 1. The Bertz CT molecular complexity index is 1500. The molecule has 0 radical (unpaired) electrons. The third-order valence-electron chi connectivity index (χ3n) is 6.56. The van der Waals surface area contributed by atoms with Crippen LogP contribution in [-0.4, -0.2) is 40.5 Å². The number of aliphatic hydroxyl groups is 1. The molecule has 12 nitrogen and oxygen atoms in total. The van der Waals surface area contributed by atoms with E-state index < -0.39 is 55.8 Å². The Labute approximate surface area is 236 Å². The van der Waals surface area contributed by atoms with Gasteiger partial charge in [-0.05, 0) is 37.6 Å². The second-order valence-electron chi connectivity index (χ2n) is 9.71. The molecule has 0 saturated carbocycles. The molecule has 0 aliphatic carbocycles. The average Bonchev–Trinajstić information content (AvgIpc) is 3.21. The van der Waals surface area contributed by atoms with Crippen molar-refractivity contribution in [3.63, 3.8) is 0 Å². The summed E-state index contributed by atoms with van der Waals surface area (Å²) in [6, 6.07) is 20.7. The number of aliphatic hydroxyl groups excluding tert-OH is 1. The van der Waals surface area contributed by atoms with Crippen LogP contribution in [0.4, 0.5) is 5.69 Å². The van der Waals surface area contributed by atoms with Crippen molar-refractivity contribution in [3.05, 3.63) is 94.9 Å². The Morgan fingerprint density at radius 3 is 2.51 bits per heavy atom. The maximum Gasteiger partial charge on any atom is 0.459 e. The molecule has 0 spiro atoms. The van der Waals surface area contributed by atoms with Crippen molar-refractivity contribution >= 4 is 19.4 Å². The fourth-order valence-electron chi connectivity index (χ4n) is 4.24. The molecule has 1 aliphatic rings. The molecule has 3 aromatic rings. The van der Waals surface area contributed by atoms with Gasteiger partial charge in [0, 0.05) is 18.0 Å². The quantitative estimate of drug-likeness (QED) is 0.224. The third-order valence-corrected chi connectivity index (χ3v) is 8.20. The molecule has 1 fully saturated rings. The van der Waals surface area contributed by atoms with Gasteiger partial charge >= 0.3 is 13.7 Å². The number of para-hydroxylation sites is 1. The molecule has 4 N–H and O–H groups in total. The van der Waals surface area contributed by atoms with Crippen molar-refractivity contribution in [2.75, 3.05) is 12.3 Å². The largest absolute Gasteiger partial charge is 0.460 e. The number of nitrogens with zero attached hydrogens (tertiary/aromatic N) is 2. The van der Waals surface area contributed by atoms with Gasteiger partial charge in [-0.15, -0.1) is 0 Å². The van der Waals surface area contributed by atoms with E-state index in [0.29, 0.717) is 0 Å². The summed E-state index contributed by atoms with van der Waals surface area (Å²) in [5.74, 6) is -0.513. The predicted molar refractivity (Wildman–Crippen MR) is 148 cm³/mol. The first-order valence-electron chi connectivity index (χ1n) is 12.7. The van der Waals surface area contributed by atoms with Gasteiger partial charge in [0.1, 0.15) is 36.0 Å². The van der Waals surface area contributed by atoms with Gasteiger partial charge in [0.15, 0.2) is 6.23 Å². The standard InChI is InChI=1S/C28H31N4O8P/c1-19(26(35)37-16-20-9-5-3-6-10-20)31-41(36,40-22-11-7-4-8-12-22)38-17-23-25(34)28(2,18-29)27(39-23)32-14-13-21(30)15-24(32)33/h3-15,19,23,25,27,34H,16-17,30H2,1-2H3,(H,31,36)/t19-,23+,25?,27+,28+,41?/m0/s1. The maximum atomic E-state index is 13.9. The maximum absolute atomic E-state index is 13.9. The van der Waals surface area contributed by atoms with Crippen LogP contribution in [-0.2, 0) is 30.0 Å². The van der Waals surface area contributed by atoms with E-state index in [-0.39, 0.29) is 18.0 Å². The van der Waals surface area contributed by atoms with E-state index in [1.165, 1.54) is 32.2 Å². The van der Waals surface area contributed by atoms with Gasteiger partial charge in [0.25, 0.3) is 5.56 Å². The van der Waals surface area contributed by atoms with Gasteiger partial charge in [-0.3, -0.25) is 18.7 Å². The van der Waals surface area contributed by atoms with Gasteiger partial charge in [0.05, 0.1) is 12.7 Å². The lowest BCUT2D eigenvalue weighted by molar-refractivity contribution is -0.146. The summed E-state index contributed by atoms with van der Waals surface area (Å²) in [7, 11) is -4.29. The fourth-order valence-corrected chi connectivity index (χ4v) is 5.75. The van der Waals surface area contributed by atoms with Crippen molar-refractivity contribution in [1.29, 1.82) is 5.26 Å². The number of ether oxygens (including phenoxy) is 2. The van der Waals surface area contributed by atoms with E-state index in [1.54, 1.807) is 42.5 Å². The van der Waals surface area contributed by atoms with Crippen LogP contribution < -0.4 is 20.9 Å². The Morgan fingerprint density at radius 2 is 1.88 bits per heavy atom. The number of nitrogens with one attached hydrogen (secondary N) is 1. The van der Waals surface area contributed by atoms with Crippen LogP contribution in [0.5, 0.6) is 5.75 Å². The highest BCUT2D eigenvalue weighted by molar-refractivity contribution is 7.52. The molecule has 41 heavy (non-hydrogen) atoms. The molecule has 2 aromatic carbocycles. The van der Waals surface area contributed by atoms with Crippen LogP contribution in [0, 0.1) is 16.7 Å². The minimum Gasteiger partial charge on any atom is -0.460 e. The lowest BCUT2D eigenvalue weighted by Gasteiger charge is -2.26. The molecule has 6 atom stereocenters. The number of esters is 1. The number of hydrogen-bond donors (Lipinski definition) is 3. The molecule has 1 aromatic heterocycles. The van der Waals surface area contributed by atoms with Crippen molar-refractivity contribution in [2.45, 2.75) is 44.9 Å². The molecule has 2 heterocycles. The number of nitriles is 1. The first-order valence-corrected chi connectivity index (χ1v) is 14.3. The Morgan fingerprint density at radius 1 is 1.22 bits per heavy atom. The topological polar surface area (TPSA) is 175 Å². The van der Waals surface area contributed by atoms with Crippen LogP contribution in [0.3, 0.4) is 0 Å². The number of rotatable bonds is 11. The summed E-state index contributed by atoms with van der Waals surface area (Å²) < 4.78 is 37.6. The number of aromatic nitrogens is 1. The van der Waals surface area contributed by atoms with Crippen LogP contribution in [0.15, 0.2) is 83.8 Å². The van der Waals surface area contributed by atoms with Crippen LogP contribution in [0.1, 0.15) is 25.6 Å². The smallest absolute Gasteiger partial charge is 0.459 e. The highest BCUT2D eigenvalue weighted by Crippen LogP contribution is 2.48. The lowest BCUT2D eigenvalue weighted by atomic mass is 9.84. The van der Waals surface area contributed by atoms with E-state index in [0.717, 1.165) is 10.1 Å². The Hall–Kier alpha value is -3.98. The summed E-state index contributed by atoms with van der Waals surface area (Å²) in [6.45, 7) is 2.38. The van der Waals surface area contributed by atoms with Gasteiger partial charge in [0.2, 0.25) is 0 Å². The summed E-state index contributed by atoms with van der Waals surface area (Å²) >= 11 is 0.